The molecule has 5 nitrogen and oxygen atoms in total. The SMILES string of the molecule is COc1ccc(C2CCCN2C(=O)Nc2cccnc2)cc1. The number of aromatic nitrogens is 1. The van der Waals surface area contributed by atoms with Crippen molar-refractivity contribution in [2.24, 2.45) is 0 Å². The Bertz CT molecular complexity index is 628. The molecule has 1 N–H and O–H groups in total. The summed E-state index contributed by atoms with van der Waals surface area (Å²) in [6.07, 6.45) is 5.33. The molecule has 1 aromatic carbocycles. The van der Waals surface area contributed by atoms with Crippen LogP contribution in [0, 0.1) is 0 Å². The fourth-order valence-corrected chi connectivity index (χ4v) is 2.81. The van der Waals surface area contributed by atoms with E-state index >= 15 is 0 Å². The van der Waals surface area contributed by atoms with E-state index in [0.717, 1.165) is 30.7 Å². The Labute approximate surface area is 129 Å². The van der Waals surface area contributed by atoms with E-state index in [0.29, 0.717) is 5.69 Å². The lowest BCUT2D eigenvalue weighted by Crippen LogP contribution is -2.34. The molecule has 1 atom stereocenters. The lowest BCUT2D eigenvalue weighted by atomic mass is 10.0. The Morgan fingerprint density at radius 2 is 2.14 bits per heavy atom. The van der Waals surface area contributed by atoms with E-state index in [9.17, 15) is 4.79 Å². The summed E-state index contributed by atoms with van der Waals surface area (Å²) < 4.78 is 5.19. The van der Waals surface area contributed by atoms with Crippen LogP contribution in [0.2, 0.25) is 0 Å². The Morgan fingerprint density at radius 1 is 1.32 bits per heavy atom. The van der Waals surface area contributed by atoms with Gasteiger partial charge in [0.2, 0.25) is 0 Å². The van der Waals surface area contributed by atoms with Crippen molar-refractivity contribution in [3.8, 4) is 5.75 Å². The number of amides is 2. The van der Waals surface area contributed by atoms with E-state index in [1.165, 1.54) is 0 Å². The maximum atomic E-state index is 12.5. The van der Waals surface area contributed by atoms with Gasteiger partial charge in [0.25, 0.3) is 0 Å². The molecule has 0 saturated carbocycles. The lowest BCUT2D eigenvalue weighted by molar-refractivity contribution is 0.207. The van der Waals surface area contributed by atoms with Crippen LogP contribution in [0.3, 0.4) is 0 Å². The highest BCUT2D eigenvalue weighted by Crippen LogP contribution is 2.33. The Balaban J connectivity index is 1.73. The number of benzene rings is 1. The summed E-state index contributed by atoms with van der Waals surface area (Å²) in [6.45, 7) is 0.767. The molecule has 0 aliphatic carbocycles. The van der Waals surface area contributed by atoms with Gasteiger partial charge in [-0.25, -0.2) is 4.79 Å². The van der Waals surface area contributed by atoms with E-state index in [-0.39, 0.29) is 12.1 Å². The highest BCUT2D eigenvalue weighted by Gasteiger charge is 2.29. The van der Waals surface area contributed by atoms with Crippen LogP contribution < -0.4 is 10.1 Å². The van der Waals surface area contributed by atoms with Gasteiger partial charge >= 0.3 is 6.03 Å². The minimum atomic E-state index is -0.0775. The Morgan fingerprint density at radius 3 is 2.82 bits per heavy atom. The summed E-state index contributed by atoms with van der Waals surface area (Å²) in [6, 6.07) is 11.6. The zero-order chi connectivity index (χ0) is 15.4. The number of nitrogens with zero attached hydrogens (tertiary/aromatic N) is 2. The average Bonchev–Trinajstić information content (AvgIpc) is 3.05. The number of carbonyl (C=O) groups excluding carboxylic acids is 1. The van der Waals surface area contributed by atoms with Crippen molar-refractivity contribution in [1.82, 2.24) is 9.88 Å². The number of nitrogens with one attached hydrogen (secondary N) is 1. The van der Waals surface area contributed by atoms with Crippen LogP contribution in [0.5, 0.6) is 5.75 Å². The minimum absolute atomic E-state index is 0.0775. The van der Waals surface area contributed by atoms with Crippen LogP contribution in [0.15, 0.2) is 48.8 Å². The van der Waals surface area contributed by atoms with Gasteiger partial charge in [-0.05, 0) is 42.7 Å². The summed E-state index contributed by atoms with van der Waals surface area (Å²) in [7, 11) is 1.65. The number of pyridine rings is 1. The van der Waals surface area contributed by atoms with Gasteiger partial charge in [-0.2, -0.15) is 0 Å². The van der Waals surface area contributed by atoms with E-state index in [1.807, 2.05) is 35.2 Å². The first kappa shape index (κ1) is 14.4. The largest absolute Gasteiger partial charge is 0.497 e. The molecule has 5 heteroatoms. The van der Waals surface area contributed by atoms with E-state index in [2.05, 4.69) is 10.3 Å². The molecule has 1 unspecified atom stereocenters. The van der Waals surface area contributed by atoms with E-state index in [4.69, 9.17) is 4.74 Å². The molecule has 0 radical (unpaired) electrons. The molecule has 2 amide bonds. The van der Waals surface area contributed by atoms with Gasteiger partial charge in [-0.3, -0.25) is 4.98 Å². The van der Waals surface area contributed by atoms with Crippen molar-refractivity contribution in [2.75, 3.05) is 19.0 Å². The van der Waals surface area contributed by atoms with Crippen molar-refractivity contribution in [1.29, 1.82) is 0 Å². The number of urea groups is 1. The molecule has 3 rings (SSSR count). The summed E-state index contributed by atoms with van der Waals surface area (Å²) in [5, 5.41) is 2.91. The molecule has 1 aliphatic heterocycles. The van der Waals surface area contributed by atoms with Crippen molar-refractivity contribution in [3.05, 3.63) is 54.4 Å². The highest BCUT2D eigenvalue weighted by molar-refractivity contribution is 5.89. The lowest BCUT2D eigenvalue weighted by Gasteiger charge is -2.25. The minimum Gasteiger partial charge on any atom is -0.497 e. The highest BCUT2D eigenvalue weighted by atomic mass is 16.5. The Hall–Kier alpha value is -2.56. The van der Waals surface area contributed by atoms with Crippen molar-refractivity contribution < 1.29 is 9.53 Å². The van der Waals surface area contributed by atoms with Gasteiger partial charge < -0.3 is 15.0 Å². The van der Waals surface area contributed by atoms with Gasteiger partial charge in [0.05, 0.1) is 25.0 Å². The van der Waals surface area contributed by atoms with Crippen LogP contribution in [0.4, 0.5) is 10.5 Å². The number of anilines is 1. The normalized spacial score (nSPS) is 17.3. The first-order valence-corrected chi connectivity index (χ1v) is 7.39. The van der Waals surface area contributed by atoms with Crippen LogP contribution in [0.25, 0.3) is 0 Å². The predicted octanol–water partition coefficient (Wildman–Crippen LogP) is 3.46. The number of hydrogen-bond acceptors (Lipinski definition) is 3. The van der Waals surface area contributed by atoms with Gasteiger partial charge in [0, 0.05) is 12.7 Å². The molecule has 2 heterocycles. The molecule has 1 aliphatic rings. The second-order valence-electron chi connectivity index (χ2n) is 5.30. The third-order valence-electron chi connectivity index (χ3n) is 3.93. The second-order valence-corrected chi connectivity index (χ2v) is 5.30. The molecule has 1 saturated heterocycles. The topological polar surface area (TPSA) is 54.5 Å². The first-order chi connectivity index (χ1) is 10.8. The summed E-state index contributed by atoms with van der Waals surface area (Å²) in [5.74, 6) is 0.827. The maximum absolute atomic E-state index is 12.5. The molecule has 0 spiro atoms. The molecular formula is C17H19N3O2. The van der Waals surface area contributed by atoms with Crippen LogP contribution in [-0.2, 0) is 0 Å². The van der Waals surface area contributed by atoms with Crippen molar-refractivity contribution in [3.63, 3.8) is 0 Å². The average molecular weight is 297 g/mol. The third-order valence-corrected chi connectivity index (χ3v) is 3.93. The zero-order valence-corrected chi connectivity index (χ0v) is 12.5. The second kappa shape index (κ2) is 6.47. The number of rotatable bonds is 3. The van der Waals surface area contributed by atoms with Gasteiger partial charge in [0.1, 0.15) is 5.75 Å². The number of methoxy groups -OCH3 is 1. The maximum Gasteiger partial charge on any atom is 0.322 e. The van der Waals surface area contributed by atoms with Crippen LogP contribution in [0.1, 0.15) is 24.4 Å². The standard InChI is InChI=1S/C17H19N3O2/c1-22-15-8-6-13(7-9-15)16-5-3-11-20(16)17(21)19-14-4-2-10-18-12-14/h2,4,6-10,12,16H,3,5,11H2,1H3,(H,19,21). The zero-order valence-electron chi connectivity index (χ0n) is 12.5. The van der Waals surface area contributed by atoms with Crippen molar-refractivity contribution >= 4 is 11.7 Å². The van der Waals surface area contributed by atoms with Gasteiger partial charge in [-0.15, -0.1) is 0 Å². The third kappa shape index (κ3) is 3.03. The van der Waals surface area contributed by atoms with Gasteiger partial charge in [-0.1, -0.05) is 12.1 Å². The fourth-order valence-electron chi connectivity index (χ4n) is 2.81. The monoisotopic (exact) mass is 297 g/mol. The molecule has 2 aromatic rings. The van der Waals surface area contributed by atoms with Crippen LogP contribution >= 0.6 is 0 Å². The van der Waals surface area contributed by atoms with Crippen LogP contribution in [-0.4, -0.2) is 29.6 Å². The number of ether oxygens (including phenoxy) is 1. The molecule has 1 fully saturated rings. The summed E-state index contributed by atoms with van der Waals surface area (Å²) in [5.41, 5.74) is 1.85. The molecular weight excluding hydrogens is 278 g/mol. The summed E-state index contributed by atoms with van der Waals surface area (Å²) in [4.78, 5) is 18.4. The van der Waals surface area contributed by atoms with E-state index < -0.39 is 0 Å². The Kier molecular flexibility index (Phi) is 4.23. The quantitative estimate of drug-likeness (QED) is 0.944. The van der Waals surface area contributed by atoms with Gasteiger partial charge in [0.15, 0.2) is 0 Å². The molecule has 0 bridgehead atoms. The fraction of sp³-hybridized carbons (Fsp3) is 0.294. The molecule has 1 aromatic heterocycles. The van der Waals surface area contributed by atoms with E-state index in [1.54, 1.807) is 25.6 Å². The molecule has 114 valence electrons. The van der Waals surface area contributed by atoms with Crippen molar-refractivity contribution in [2.45, 2.75) is 18.9 Å². The molecule has 22 heavy (non-hydrogen) atoms. The number of hydrogen-bond donors (Lipinski definition) is 1. The predicted molar refractivity (Wildman–Crippen MR) is 84.9 cm³/mol. The smallest absolute Gasteiger partial charge is 0.322 e. The number of likely N-dealkylation sites (tertiary alicyclic amines) is 1. The first-order valence-electron chi connectivity index (χ1n) is 7.39. The number of carbonyl (C=O) groups is 1. The summed E-state index contributed by atoms with van der Waals surface area (Å²) >= 11 is 0.